The highest BCUT2D eigenvalue weighted by Gasteiger charge is 2.02. The van der Waals surface area contributed by atoms with Crippen molar-refractivity contribution in [2.24, 2.45) is 7.05 Å². The number of nitrogens with zero attached hydrogens (tertiary/aromatic N) is 1. The van der Waals surface area contributed by atoms with Gasteiger partial charge in [-0.05, 0) is 0 Å². The number of H-pyrrole nitrogens is 1. The predicted octanol–water partition coefficient (Wildman–Crippen LogP) is -0.0840. The predicted molar refractivity (Wildman–Crippen MR) is 36.0 cm³/mol. The number of Topliss-reactive ketones (excluding diaryl/α,β-unsaturated/α-hetero) is 1. The van der Waals surface area contributed by atoms with E-state index in [0.29, 0.717) is 5.69 Å². The zero-order valence-corrected chi connectivity index (χ0v) is 5.84. The zero-order chi connectivity index (χ0) is 7.72. The second-order valence-electron chi connectivity index (χ2n) is 2.12. The normalized spacial score (nSPS) is 9.80. The van der Waals surface area contributed by atoms with Gasteiger partial charge in [0, 0.05) is 20.0 Å². The average Bonchev–Trinajstić information content (AvgIpc) is 2.13. The van der Waals surface area contributed by atoms with Crippen LogP contribution in [0.4, 0.5) is 0 Å². The fraction of sp³-hybridized carbons (Fsp3) is 0.333. The van der Waals surface area contributed by atoms with Gasteiger partial charge in [0.2, 0.25) is 0 Å². The third kappa shape index (κ3) is 1.00. The van der Waals surface area contributed by atoms with Gasteiger partial charge in [0.15, 0.2) is 5.78 Å². The molecule has 0 saturated heterocycles. The molecule has 1 heterocycles. The van der Waals surface area contributed by atoms with Crippen molar-refractivity contribution in [2.45, 2.75) is 6.92 Å². The largest absolute Gasteiger partial charge is 0.293 e. The topological polar surface area (TPSA) is 54.9 Å². The Labute approximate surface area is 57.5 Å². The van der Waals surface area contributed by atoms with Gasteiger partial charge in [-0.15, -0.1) is 0 Å². The quantitative estimate of drug-likeness (QED) is 0.554. The first-order valence-corrected chi connectivity index (χ1v) is 2.88. The number of rotatable bonds is 1. The molecule has 0 saturated carbocycles. The van der Waals surface area contributed by atoms with Crippen molar-refractivity contribution >= 4 is 5.78 Å². The van der Waals surface area contributed by atoms with Gasteiger partial charge in [0.1, 0.15) is 5.69 Å². The molecule has 0 unspecified atom stereocenters. The van der Waals surface area contributed by atoms with Crippen LogP contribution < -0.4 is 5.56 Å². The van der Waals surface area contributed by atoms with Gasteiger partial charge in [-0.3, -0.25) is 19.4 Å². The van der Waals surface area contributed by atoms with Crippen LogP contribution in [-0.4, -0.2) is 15.6 Å². The maximum atomic E-state index is 10.7. The van der Waals surface area contributed by atoms with Crippen molar-refractivity contribution in [3.05, 3.63) is 22.1 Å². The molecule has 0 aliphatic rings. The van der Waals surface area contributed by atoms with Crippen molar-refractivity contribution in [3.8, 4) is 0 Å². The molecule has 1 N–H and O–H groups in total. The summed E-state index contributed by atoms with van der Waals surface area (Å²) >= 11 is 0. The minimum Gasteiger partial charge on any atom is -0.293 e. The van der Waals surface area contributed by atoms with Crippen molar-refractivity contribution in [3.63, 3.8) is 0 Å². The number of nitrogens with one attached hydrogen (secondary N) is 1. The molecule has 0 spiro atoms. The van der Waals surface area contributed by atoms with Crippen LogP contribution in [0.5, 0.6) is 0 Å². The van der Waals surface area contributed by atoms with E-state index in [1.807, 2.05) is 0 Å². The average molecular weight is 140 g/mol. The Hall–Kier alpha value is -1.32. The van der Waals surface area contributed by atoms with Crippen LogP contribution in [0.15, 0.2) is 10.9 Å². The minimum absolute atomic E-state index is 0.127. The van der Waals surface area contributed by atoms with Crippen molar-refractivity contribution in [2.75, 3.05) is 0 Å². The van der Waals surface area contributed by atoms with E-state index in [4.69, 9.17) is 0 Å². The molecule has 1 rings (SSSR count). The SMILES string of the molecule is CC(=O)c1cc(=O)n(C)[nH]1. The molecule has 0 radical (unpaired) electrons. The molecular weight excluding hydrogens is 132 g/mol. The molecule has 0 atom stereocenters. The van der Waals surface area contributed by atoms with E-state index in [1.54, 1.807) is 7.05 Å². The van der Waals surface area contributed by atoms with Crippen molar-refractivity contribution in [1.82, 2.24) is 9.78 Å². The van der Waals surface area contributed by atoms with Gasteiger partial charge in [0.05, 0.1) is 0 Å². The molecule has 1 aromatic heterocycles. The van der Waals surface area contributed by atoms with Gasteiger partial charge in [-0.2, -0.15) is 0 Å². The molecule has 1 aromatic rings. The fourth-order valence-electron chi connectivity index (χ4n) is 0.669. The Kier molecular flexibility index (Phi) is 1.45. The number of carbonyl (C=O) groups excluding carboxylic acids is 1. The molecule has 0 amide bonds. The lowest BCUT2D eigenvalue weighted by Gasteiger charge is -1.86. The van der Waals surface area contributed by atoms with E-state index >= 15 is 0 Å². The van der Waals surface area contributed by atoms with E-state index in [2.05, 4.69) is 5.10 Å². The van der Waals surface area contributed by atoms with E-state index in [9.17, 15) is 9.59 Å². The monoisotopic (exact) mass is 140 g/mol. The summed E-state index contributed by atoms with van der Waals surface area (Å²) in [5.74, 6) is -0.127. The summed E-state index contributed by atoms with van der Waals surface area (Å²) in [5, 5.41) is 2.60. The highest BCUT2D eigenvalue weighted by Crippen LogP contribution is 1.88. The number of aryl methyl sites for hydroxylation is 1. The van der Waals surface area contributed by atoms with E-state index < -0.39 is 0 Å². The number of ketones is 1. The lowest BCUT2D eigenvalue weighted by molar-refractivity contribution is 0.101. The smallest absolute Gasteiger partial charge is 0.266 e. The fourth-order valence-corrected chi connectivity index (χ4v) is 0.669. The Morgan fingerprint density at radius 2 is 2.30 bits per heavy atom. The summed E-state index contributed by atoms with van der Waals surface area (Å²) < 4.78 is 1.26. The molecule has 10 heavy (non-hydrogen) atoms. The Morgan fingerprint density at radius 1 is 1.70 bits per heavy atom. The maximum absolute atomic E-state index is 10.7. The number of aromatic nitrogens is 2. The lowest BCUT2D eigenvalue weighted by Crippen LogP contribution is -2.09. The van der Waals surface area contributed by atoms with E-state index in [-0.39, 0.29) is 11.3 Å². The number of aromatic amines is 1. The molecule has 0 fully saturated rings. The van der Waals surface area contributed by atoms with Gasteiger partial charge in [0.25, 0.3) is 5.56 Å². The third-order valence-corrected chi connectivity index (χ3v) is 1.27. The molecule has 0 aliphatic heterocycles. The molecular formula is C6H8N2O2. The van der Waals surface area contributed by atoms with Crippen LogP contribution in [-0.2, 0) is 7.05 Å². The van der Waals surface area contributed by atoms with Crippen LogP contribution in [0.25, 0.3) is 0 Å². The Balaban J connectivity index is 3.23. The second-order valence-corrected chi connectivity index (χ2v) is 2.12. The number of hydrogen-bond acceptors (Lipinski definition) is 2. The van der Waals surface area contributed by atoms with Crippen LogP contribution in [0, 0.1) is 0 Å². The molecule has 4 nitrogen and oxygen atoms in total. The third-order valence-electron chi connectivity index (χ3n) is 1.27. The highest BCUT2D eigenvalue weighted by molar-refractivity contribution is 5.91. The first-order valence-electron chi connectivity index (χ1n) is 2.88. The number of hydrogen-bond donors (Lipinski definition) is 1. The summed E-state index contributed by atoms with van der Waals surface area (Å²) in [4.78, 5) is 21.4. The minimum atomic E-state index is -0.190. The van der Waals surface area contributed by atoms with Crippen LogP contribution in [0.3, 0.4) is 0 Å². The first-order chi connectivity index (χ1) is 4.61. The summed E-state index contributed by atoms with van der Waals surface area (Å²) in [5.41, 5.74) is 0.165. The van der Waals surface area contributed by atoms with E-state index in [0.717, 1.165) is 0 Å². The van der Waals surface area contributed by atoms with Gasteiger partial charge < -0.3 is 0 Å². The molecule has 4 heteroatoms. The second kappa shape index (κ2) is 2.13. The Bertz CT molecular complexity index is 308. The highest BCUT2D eigenvalue weighted by atomic mass is 16.1. The van der Waals surface area contributed by atoms with Gasteiger partial charge in [-0.25, -0.2) is 0 Å². The maximum Gasteiger partial charge on any atom is 0.266 e. The van der Waals surface area contributed by atoms with E-state index in [1.165, 1.54) is 17.7 Å². The zero-order valence-electron chi connectivity index (χ0n) is 5.84. The van der Waals surface area contributed by atoms with Crippen LogP contribution in [0.1, 0.15) is 17.4 Å². The summed E-state index contributed by atoms with van der Waals surface area (Å²) in [6.07, 6.45) is 0. The summed E-state index contributed by atoms with van der Waals surface area (Å²) in [6.45, 7) is 1.41. The van der Waals surface area contributed by atoms with Gasteiger partial charge in [-0.1, -0.05) is 0 Å². The first kappa shape index (κ1) is 6.80. The summed E-state index contributed by atoms with van der Waals surface area (Å²) in [6, 6.07) is 1.28. The van der Waals surface area contributed by atoms with Gasteiger partial charge >= 0.3 is 0 Å². The van der Waals surface area contributed by atoms with Crippen molar-refractivity contribution < 1.29 is 4.79 Å². The Morgan fingerprint density at radius 3 is 2.50 bits per heavy atom. The summed E-state index contributed by atoms with van der Waals surface area (Å²) in [7, 11) is 1.56. The standard InChI is InChI=1S/C6H8N2O2/c1-4(9)5-3-6(10)8(2)7-5/h3,7H,1-2H3. The van der Waals surface area contributed by atoms with Crippen molar-refractivity contribution in [1.29, 1.82) is 0 Å². The van der Waals surface area contributed by atoms with Crippen LogP contribution in [0.2, 0.25) is 0 Å². The molecule has 0 aliphatic carbocycles. The number of carbonyl (C=O) groups is 1. The molecule has 0 bridgehead atoms. The molecule has 54 valence electrons. The van der Waals surface area contributed by atoms with Crippen LogP contribution >= 0.6 is 0 Å². The lowest BCUT2D eigenvalue weighted by atomic mass is 10.3. The molecule has 0 aromatic carbocycles.